The molecule has 0 fully saturated rings. The molecule has 1 unspecified atom stereocenters. The number of para-hydroxylation sites is 4. The molecule has 1 atom stereocenters. The summed E-state index contributed by atoms with van der Waals surface area (Å²) in [4.78, 5) is 0. The van der Waals surface area contributed by atoms with Gasteiger partial charge in [0, 0.05) is 44.2 Å². The average molecular weight is 767 g/mol. The van der Waals surface area contributed by atoms with Crippen molar-refractivity contribution in [3.8, 4) is 33.6 Å². The van der Waals surface area contributed by atoms with Gasteiger partial charge in [-0.3, -0.25) is 9.13 Å². The lowest BCUT2D eigenvalue weighted by molar-refractivity contribution is 0.668. The van der Waals surface area contributed by atoms with Crippen LogP contribution in [-0.4, -0.2) is 9.13 Å². The highest BCUT2D eigenvalue weighted by molar-refractivity contribution is 6.23. The number of benzene rings is 9. The Kier molecular flexibility index (Phi) is 7.92. The Morgan fingerprint density at radius 1 is 0.317 bits per heavy atom. The van der Waals surface area contributed by atoms with Crippen LogP contribution < -0.4 is 0 Å². The van der Waals surface area contributed by atoms with Gasteiger partial charge in [0.2, 0.25) is 0 Å². The fourth-order valence-electron chi connectivity index (χ4n) is 9.53. The minimum absolute atomic E-state index is 0.0373. The van der Waals surface area contributed by atoms with E-state index >= 15 is 0 Å². The van der Waals surface area contributed by atoms with Crippen molar-refractivity contribution in [3.05, 3.63) is 241 Å². The predicted octanol–water partition coefficient (Wildman–Crippen LogP) is 15.1. The third kappa shape index (κ3) is 5.51. The van der Waals surface area contributed by atoms with Gasteiger partial charge in [-0.05, 0) is 93.5 Å². The van der Waals surface area contributed by atoms with Crippen molar-refractivity contribution < 1.29 is 4.42 Å². The van der Waals surface area contributed by atoms with E-state index in [2.05, 4.69) is 228 Å². The number of rotatable bonds is 7. The molecular weight excluding hydrogens is 729 g/mol. The maximum Gasteiger partial charge on any atom is 0.135 e. The molecule has 12 rings (SSSR count). The first-order chi connectivity index (χ1) is 29.8. The molecule has 0 aliphatic heterocycles. The molecule has 0 bridgehead atoms. The molecule has 0 aliphatic rings. The zero-order valence-corrected chi connectivity index (χ0v) is 32.7. The van der Waals surface area contributed by atoms with Crippen LogP contribution in [0.15, 0.2) is 229 Å². The van der Waals surface area contributed by atoms with Gasteiger partial charge in [-0.25, -0.2) is 0 Å². The van der Waals surface area contributed by atoms with Gasteiger partial charge < -0.3 is 4.42 Å². The number of hydrogen-bond acceptors (Lipinski definition) is 1. The summed E-state index contributed by atoms with van der Waals surface area (Å²) in [5.41, 5.74) is 16.0. The molecule has 0 saturated heterocycles. The van der Waals surface area contributed by atoms with Crippen molar-refractivity contribution >= 4 is 54.8 Å². The highest BCUT2D eigenvalue weighted by Crippen LogP contribution is 2.43. The van der Waals surface area contributed by atoms with Gasteiger partial charge in [-0.2, -0.15) is 0 Å². The molecule has 60 heavy (non-hydrogen) atoms. The largest absolute Gasteiger partial charge is 0.456 e. The normalized spacial score (nSPS) is 12.3. The van der Waals surface area contributed by atoms with Crippen LogP contribution in [0.4, 0.5) is 0 Å². The molecule has 0 amide bonds. The summed E-state index contributed by atoms with van der Waals surface area (Å²) < 4.78 is 11.3. The number of nitrogens with zero attached hydrogens (tertiary/aromatic N) is 2. The van der Waals surface area contributed by atoms with Gasteiger partial charge in [0.15, 0.2) is 0 Å². The molecule has 9 aromatic carbocycles. The fourth-order valence-corrected chi connectivity index (χ4v) is 9.53. The molecule has 12 aromatic rings. The predicted molar refractivity (Wildman–Crippen MR) is 250 cm³/mol. The molecule has 0 saturated carbocycles. The first-order valence-corrected chi connectivity index (χ1v) is 20.6. The maximum absolute atomic E-state index is 6.47. The van der Waals surface area contributed by atoms with E-state index in [1.165, 1.54) is 66.1 Å². The molecule has 0 aliphatic carbocycles. The third-order valence-corrected chi connectivity index (χ3v) is 12.2. The molecule has 3 heteroatoms. The Labute approximate surface area is 347 Å². The molecule has 3 nitrogen and oxygen atoms in total. The highest BCUT2D eigenvalue weighted by Gasteiger charge is 2.24. The summed E-state index contributed by atoms with van der Waals surface area (Å²) >= 11 is 0. The van der Waals surface area contributed by atoms with E-state index in [4.69, 9.17) is 4.42 Å². The number of aromatic nitrogens is 2. The van der Waals surface area contributed by atoms with E-state index in [1.807, 2.05) is 6.07 Å². The first kappa shape index (κ1) is 34.2. The molecule has 0 radical (unpaired) electrons. The van der Waals surface area contributed by atoms with Crippen LogP contribution in [0, 0.1) is 0 Å². The van der Waals surface area contributed by atoms with Crippen LogP contribution >= 0.6 is 0 Å². The molecule has 3 heterocycles. The SMILES string of the molecule is c1ccc(-c2cccc(C(c3cccc(-c4ccc5c(c4)c4c6ccccc6n(-c6ccccc6)c4n5-c4ccccc4)c3)c3ccc4c(c3)oc3ccccc34)c2)cc1. The lowest BCUT2D eigenvalue weighted by Crippen LogP contribution is -2.04. The number of fused-ring (bicyclic) bond motifs is 8. The number of furan rings is 1. The van der Waals surface area contributed by atoms with Crippen LogP contribution in [0.1, 0.15) is 22.6 Å². The van der Waals surface area contributed by atoms with Gasteiger partial charge in [0.1, 0.15) is 16.8 Å². The van der Waals surface area contributed by atoms with Crippen molar-refractivity contribution in [3.63, 3.8) is 0 Å². The summed E-state index contributed by atoms with van der Waals surface area (Å²) in [6.45, 7) is 0. The van der Waals surface area contributed by atoms with Crippen molar-refractivity contribution in [2.24, 2.45) is 0 Å². The second-order valence-electron chi connectivity index (χ2n) is 15.7. The van der Waals surface area contributed by atoms with E-state index in [-0.39, 0.29) is 5.92 Å². The van der Waals surface area contributed by atoms with E-state index in [9.17, 15) is 0 Å². The zero-order chi connectivity index (χ0) is 39.6. The van der Waals surface area contributed by atoms with E-state index in [0.29, 0.717) is 0 Å². The lowest BCUT2D eigenvalue weighted by Gasteiger charge is -2.21. The zero-order valence-electron chi connectivity index (χ0n) is 32.7. The molecule has 0 spiro atoms. The smallest absolute Gasteiger partial charge is 0.135 e. The molecule has 0 N–H and O–H groups in total. The van der Waals surface area contributed by atoms with Crippen LogP contribution in [-0.2, 0) is 0 Å². The van der Waals surface area contributed by atoms with E-state index in [0.717, 1.165) is 39.0 Å². The monoisotopic (exact) mass is 766 g/mol. The summed E-state index contributed by atoms with van der Waals surface area (Å²) in [6.07, 6.45) is 0. The topological polar surface area (TPSA) is 23.0 Å². The Morgan fingerprint density at radius 3 is 1.53 bits per heavy atom. The quantitative estimate of drug-likeness (QED) is 0.148. The van der Waals surface area contributed by atoms with Gasteiger partial charge >= 0.3 is 0 Å². The lowest BCUT2D eigenvalue weighted by atomic mass is 9.83. The van der Waals surface area contributed by atoms with Gasteiger partial charge in [-0.1, -0.05) is 170 Å². The van der Waals surface area contributed by atoms with Gasteiger partial charge in [0.05, 0.1) is 11.0 Å². The minimum atomic E-state index is -0.0373. The third-order valence-electron chi connectivity index (χ3n) is 12.2. The molecular formula is C57H38N2O. The second kappa shape index (κ2) is 13.9. The maximum atomic E-state index is 6.47. The second-order valence-corrected chi connectivity index (χ2v) is 15.7. The summed E-state index contributed by atoms with van der Waals surface area (Å²) in [5, 5.41) is 5.99. The summed E-state index contributed by atoms with van der Waals surface area (Å²) in [6, 6.07) is 81.2. The Morgan fingerprint density at radius 2 is 0.833 bits per heavy atom. The van der Waals surface area contributed by atoms with Crippen molar-refractivity contribution in [1.82, 2.24) is 9.13 Å². The van der Waals surface area contributed by atoms with Gasteiger partial charge in [0.25, 0.3) is 0 Å². The summed E-state index contributed by atoms with van der Waals surface area (Å²) in [7, 11) is 0. The minimum Gasteiger partial charge on any atom is -0.456 e. The molecule has 282 valence electrons. The fraction of sp³-hybridized carbons (Fsp3) is 0.0175. The Hall–Kier alpha value is -7.88. The van der Waals surface area contributed by atoms with Crippen molar-refractivity contribution in [2.75, 3.05) is 0 Å². The van der Waals surface area contributed by atoms with E-state index < -0.39 is 0 Å². The van der Waals surface area contributed by atoms with Crippen molar-refractivity contribution in [1.29, 1.82) is 0 Å². The van der Waals surface area contributed by atoms with Gasteiger partial charge in [-0.15, -0.1) is 0 Å². The van der Waals surface area contributed by atoms with Crippen LogP contribution in [0.5, 0.6) is 0 Å². The van der Waals surface area contributed by atoms with Crippen molar-refractivity contribution in [2.45, 2.75) is 5.92 Å². The first-order valence-electron chi connectivity index (χ1n) is 20.6. The van der Waals surface area contributed by atoms with Crippen LogP contribution in [0.25, 0.3) is 88.4 Å². The Balaban J connectivity index is 1.06. The Bertz CT molecular complexity index is 3540. The van der Waals surface area contributed by atoms with E-state index in [1.54, 1.807) is 0 Å². The average Bonchev–Trinajstić information content (AvgIpc) is 3.97. The number of hydrogen-bond donors (Lipinski definition) is 0. The van der Waals surface area contributed by atoms with Crippen LogP contribution in [0.3, 0.4) is 0 Å². The van der Waals surface area contributed by atoms with Crippen LogP contribution in [0.2, 0.25) is 0 Å². The summed E-state index contributed by atoms with van der Waals surface area (Å²) in [5.74, 6) is -0.0373. The molecule has 3 aromatic heterocycles. The highest BCUT2D eigenvalue weighted by atomic mass is 16.3. The standard InChI is InChI=1S/C57H38N2O/c1-4-16-38(17-5-1)39-18-14-20-42(34-39)55(44-30-32-48-47-26-11-13-29-53(47)60-54(48)37-44)43-21-15-19-40(35-43)41-31-33-52-50(36-41)56-49-27-10-12-28-51(49)58(45-22-6-2-7-23-45)57(56)59(52)46-24-8-3-9-25-46/h1-37,55H.